The molecule has 10 heteroatoms. The van der Waals surface area contributed by atoms with E-state index in [1.165, 1.54) is 23.1 Å². The second-order valence-corrected chi connectivity index (χ2v) is 10.9. The molecule has 0 heterocycles. The van der Waals surface area contributed by atoms with Gasteiger partial charge in [0.2, 0.25) is 11.8 Å². The predicted octanol–water partition coefficient (Wildman–Crippen LogP) is 5.01. The van der Waals surface area contributed by atoms with Gasteiger partial charge in [-0.1, -0.05) is 74.0 Å². The minimum atomic E-state index is -4.25. The van der Waals surface area contributed by atoms with Crippen LogP contribution in [0.1, 0.15) is 32.3 Å². The van der Waals surface area contributed by atoms with Crippen LogP contribution >= 0.6 is 11.6 Å². The Hall–Kier alpha value is -3.43. The fourth-order valence-electron chi connectivity index (χ4n) is 3.95. The molecule has 3 aromatic carbocycles. The maximum absolute atomic E-state index is 13.9. The van der Waals surface area contributed by atoms with E-state index in [4.69, 9.17) is 11.6 Å². The van der Waals surface area contributed by atoms with Crippen LogP contribution in [0, 0.1) is 5.82 Å². The van der Waals surface area contributed by atoms with Crippen LogP contribution in [0.15, 0.2) is 83.8 Å². The van der Waals surface area contributed by atoms with Crippen molar-refractivity contribution in [2.24, 2.45) is 0 Å². The van der Waals surface area contributed by atoms with E-state index in [0.717, 1.165) is 28.4 Å². The number of anilines is 1. The van der Waals surface area contributed by atoms with Crippen LogP contribution in [-0.2, 0) is 26.2 Å². The number of carbonyl (C=O) groups is 2. The molecule has 0 aliphatic rings. The van der Waals surface area contributed by atoms with Crippen molar-refractivity contribution < 1.29 is 22.4 Å². The molecule has 0 saturated heterocycles. The highest BCUT2D eigenvalue weighted by atomic mass is 35.5. The topological polar surface area (TPSA) is 86.8 Å². The summed E-state index contributed by atoms with van der Waals surface area (Å²) in [5.41, 5.74) is 0.807. The molecular weight excluding hydrogens is 529 g/mol. The van der Waals surface area contributed by atoms with Gasteiger partial charge in [-0.2, -0.15) is 0 Å². The Bertz CT molecular complexity index is 1340. The van der Waals surface area contributed by atoms with E-state index < -0.39 is 34.3 Å². The molecule has 0 aliphatic carbocycles. The lowest BCUT2D eigenvalue weighted by atomic mass is 10.1. The van der Waals surface area contributed by atoms with Gasteiger partial charge in [0, 0.05) is 13.1 Å². The summed E-state index contributed by atoms with van der Waals surface area (Å²) in [6.07, 6.45) is 1.05. The number of hydrogen-bond donors (Lipinski definition) is 1. The van der Waals surface area contributed by atoms with E-state index in [2.05, 4.69) is 5.32 Å². The second-order valence-electron chi connectivity index (χ2n) is 8.65. The Balaban J connectivity index is 2.05. The van der Waals surface area contributed by atoms with Crippen LogP contribution < -0.4 is 9.62 Å². The number of carbonyl (C=O) groups excluding carboxylic acids is 2. The van der Waals surface area contributed by atoms with E-state index >= 15 is 0 Å². The van der Waals surface area contributed by atoms with Gasteiger partial charge in [0.05, 0.1) is 15.6 Å². The SMILES string of the molecule is CCCNC(=O)[C@@H](CC)N(Cc1ccccc1)C(=O)CN(c1ccc(F)c(Cl)c1)S(=O)(=O)c1ccccc1. The molecule has 0 bridgehead atoms. The average molecular weight is 560 g/mol. The first-order valence-corrected chi connectivity index (χ1v) is 14.1. The standard InChI is InChI=1S/C28H31ClFN3O4S/c1-3-17-31-28(35)26(4-2)32(19-21-11-7-5-8-12-21)27(34)20-33(22-15-16-25(30)24(29)18-22)38(36,37)23-13-9-6-10-14-23/h5-16,18,26H,3-4,17,19-20H2,1-2H3,(H,31,35)/t26-/m1/s1. The van der Waals surface area contributed by atoms with Crippen LogP contribution in [0.2, 0.25) is 5.02 Å². The van der Waals surface area contributed by atoms with Crippen molar-refractivity contribution in [3.05, 3.63) is 95.3 Å². The van der Waals surface area contributed by atoms with Crippen molar-refractivity contribution in [1.29, 1.82) is 0 Å². The maximum Gasteiger partial charge on any atom is 0.264 e. The Morgan fingerprint density at radius 1 is 0.974 bits per heavy atom. The normalized spacial score (nSPS) is 12.0. The van der Waals surface area contributed by atoms with Crippen LogP contribution in [0.25, 0.3) is 0 Å². The summed E-state index contributed by atoms with van der Waals surface area (Å²) in [5, 5.41) is 2.55. The minimum absolute atomic E-state index is 0.0248. The lowest BCUT2D eigenvalue weighted by Gasteiger charge is -2.33. The van der Waals surface area contributed by atoms with E-state index in [1.807, 2.05) is 37.3 Å². The summed E-state index contributed by atoms with van der Waals surface area (Å²) in [5.74, 6) is -1.63. The van der Waals surface area contributed by atoms with Crippen LogP contribution in [0.4, 0.5) is 10.1 Å². The van der Waals surface area contributed by atoms with E-state index in [1.54, 1.807) is 25.1 Å². The van der Waals surface area contributed by atoms with Crippen LogP contribution in [0.5, 0.6) is 0 Å². The molecule has 0 unspecified atom stereocenters. The third kappa shape index (κ3) is 7.11. The smallest absolute Gasteiger partial charge is 0.264 e. The second kappa shape index (κ2) is 13.4. The molecule has 1 atom stereocenters. The molecule has 202 valence electrons. The van der Waals surface area contributed by atoms with Crippen molar-refractivity contribution >= 4 is 39.1 Å². The number of amides is 2. The summed E-state index contributed by atoms with van der Waals surface area (Å²) >= 11 is 5.98. The van der Waals surface area contributed by atoms with Crippen molar-refractivity contribution in [3.63, 3.8) is 0 Å². The molecule has 0 aromatic heterocycles. The van der Waals surface area contributed by atoms with Gasteiger partial charge in [-0.15, -0.1) is 0 Å². The first-order valence-electron chi connectivity index (χ1n) is 12.3. The largest absolute Gasteiger partial charge is 0.354 e. The highest BCUT2D eigenvalue weighted by Gasteiger charge is 2.33. The third-order valence-electron chi connectivity index (χ3n) is 5.93. The molecule has 0 saturated carbocycles. The summed E-state index contributed by atoms with van der Waals surface area (Å²) < 4.78 is 42.2. The van der Waals surface area contributed by atoms with Crippen LogP contribution in [0.3, 0.4) is 0 Å². The lowest BCUT2D eigenvalue weighted by Crippen LogP contribution is -2.52. The summed E-state index contributed by atoms with van der Waals surface area (Å²) in [4.78, 5) is 28.2. The summed E-state index contributed by atoms with van der Waals surface area (Å²) in [6, 6.07) is 19.4. The van der Waals surface area contributed by atoms with Gasteiger partial charge in [-0.25, -0.2) is 12.8 Å². The zero-order valence-electron chi connectivity index (χ0n) is 21.3. The van der Waals surface area contributed by atoms with Gasteiger partial charge in [0.15, 0.2) is 0 Å². The molecule has 7 nitrogen and oxygen atoms in total. The van der Waals surface area contributed by atoms with Gasteiger partial charge >= 0.3 is 0 Å². The third-order valence-corrected chi connectivity index (χ3v) is 8.01. The number of hydrogen-bond acceptors (Lipinski definition) is 4. The molecule has 0 spiro atoms. The minimum Gasteiger partial charge on any atom is -0.354 e. The van der Waals surface area contributed by atoms with Crippen LogP contribution in [-0.4, -0.2) is 44.3 Å². The van der Waals surface area contributed by atoms with Gasteiger partial charge < -0.3 is 10.2 Å². The molecule has 0 aliphatic heterocycles. The Kier molecular flexibility index (Phi) is 10.3. The number of rotatable bonds is 12. The number of sulfonamides is 1. The fourth-order valence-corrected chi connectivity index (χ4v) is 5.56. The fraction of sp³-hybridized carbons (Fsp3) is 0.286. The van der Waals surface area contributed by atoms with Crippen molar-refractivity contribution in [3.8, 4) is 0 Å². The molecule has 0 radical (unpaired) electrons. The molecule has 2 amide bonds. The molecular formula is C28H31ClFN3O4S. The zero-order chi connectivity index (χ0) is 27.7. The Labute approximate surface area is 228 Å². The molecule has 38 heavy (non-hydrogen) atoms. The predicted molar refractivity (Wildman–Crippen MR) is 147 cm³/mol. The summed E-state index contributed by atoms with van der Waals surface area (Å²) in [7, 11) is -4.25. The monoisotopic (exact) mass is 559 g/mol. The number of nitrogens with zero attached hydrogens (tertiary/aromatic N) is 2. The zero-order valence-corrected chi connectivity index (χ0v) is 22.9. The van der Waals surface area contributed by atoms with E-state index in [0.29, 0.717) is 13.0 Å². The Morgan fingerprint density at radius 3 is 2.18 bits per heavy atom. The van der Waals surface area contributed by atoms with E-state index in [9.17, 15) is 22.4 Å². The maximum atomic E-state index is 13.9. The van der Waals surface area contributed by atoms with Crippen molar-refractivity contribution in [1.82, 2.24) is 10.2 Å². The lowest BCUT2D eigenvalue weighted by molar-refractivity contribution is -0.140. The van der Waals surface area contributed by atoms with Crippen molar-refractivity contribution in [2.45, 2.75) is 44.2 Å². The number of nitrogens with one attached hydrogen (secondary N) is 1. The quantitative estimate of drug-likeness (QED) is 0.338. The highest BCUT2D eigenvalue weighted by Crippen LogP contribution is 2.28. The van der Waals surface area contributed by atoms with Gasteiger partial charge in [0.1, 0.15) is 18.4 Å². The number of halogens is 2. The molecule has 1 N–H and O–H groups in total. The van der Waals surface area contributed by atoms with Gasteiger partial charge in [-0.3, -0.25) is 13.9 Å². The first kappa shape index (κ1) is 29.1. The summed E-state index contributed by atoms with van der Waals surface area (Å²) in [6.45, 7) is 3.64. The van der Waals surface area contributed by atoms with Crippen molar-refractivity contribution in [2.75, 3.05) is 17.4 Å². The highest BCUT2D eigenvalue weighted by molar-refractivity contribution is 7.92. The Morgan fingerprint density at radius 2 is 1.61 bits per heavy atom. The van der Waals surface area contributed by atoms with Gasteiger partial charge in [-0.05, 0) is 48.7 Å². The molecule has 3 rings (SSSR count). The molecule has 0 fully saturated rings. The number of benzene rings is 3. The van der Waals surface area contributed by atoms with E-state index in [-0.39, 0.29) is 28.1 Å². The van der Waals surface area contributed by atoms with Gasteiger partial charge in [0.25, 0.3) is 10.0 Å². The first-order chi connectivity index (χ1) is 18.2. The molecule has 3 aromatic rings. The average Bonchev–Trinajstić information content (AvgIpc) is 2.92.